The summed E-state index contributed by atoms with van der Waals surface area (Å²) in [7, 11) is 1.31. The van der Waals surface area contributed by atoms with Crippen LogP contribution in [0.4, 0.5) is 5.69 Å². The molecular weight excluding hydrogens is 318 g/mol. The molecule has 2 aromatic rings. The molecule has 0 radical (unpaired) electrons. The minimum Gasteiger partial charge on any atom is -0.504 e. The van der Waals surface area contributed by atoms with Crippen molar-refractivity contribution in [3.05, 3.63) is 62.5 Å². The molecule has 116 valence electrons. The Labute approximate surface area is 135 Å². The predicted octanol–water partition coefficient (Wildman–Crippen LogP) is 3.64. The van der Waals surface area contributed by atoms with Gasteiger partial charge in [0.25, 0.3) is 5.69 Å². The number of non-ortho nitro benzene ring substituents is 1. The second-order valence-electron chi connectivity index (χ2n) is 4.78. The third kappa shape index (κ3) is 2.66. The summed E-state index contributed by atoms with van der Waals surface area (Å²) in [5.41, 5.74) is 0.528. The van der Waals surface area contributed by atoms with Gasteiger partial charge in [-0.15, -0.1) is 0 Å². The van der Waals surface area contributed by atoms with E-state index in [0.29, 0.717) is 10.5 Å². The van der Waals surface area contributed by atoms with E-state index in [1.165, 1.54) is 31.0 Å². The first-order valence-corrected chi connectivity index (χ1v) is 7.41. The minimum atomic E-state index is -0.581. The van der Waals surface area contributed by atoms with Gasteiger partial charge in [-0.25, -0.2) is 0 Å². The highest BCUT2D eigenvalue weighted by molar-refractivity contribution is 8.04. The van der Waals surface area contributed by atoms with Crippen LogP contribution in [0.5, 0.6) is 11.5 Å². The lowest BCUT2D eigenvalue weighted by Crippen LogP contribution is -1.95. The summed E-state index contributed by atoms with van der Waals surface area (Å²) in [6.45, 7) is 0. The Morgan fingerprint density at radius 2 is 2.04 bits per heavy atom. The highest BCUT2D eigenvalue weighted by atomic mass is 32.2. The number of Topliss-reactive ketones (excluding diaryl/α,β-unsaturated/α-hetero) is 1. The summed E-state index contributed by atoms with van der Waals surface area (Å²) in [6, 6.07) is 9.49. The van der Waals surface area contributed by atoms with Crippen LogP contribution >= 0.6 is 11.8 Å². The second-order valence-corrected chi connectivity index (χ2v) is 5.86. The average molecular weight is 329 g/mol. The Kier molecular flexibility index (Phi) is 3.79. The van der Waals surface area contributed by atoms with E-state index in [1.54, 1.807) is 12.1 Å². The van der Waals surface area contributed by atoms with Crippen LogP contribution in [0.1, 0.15) is 15.9 Å². The average Bonchev–Trinajstić information content (AvgIpc) is 2.85. The number of nitro benzene ring substituents is 1. The van der Waals surface area contributed by atoms with Gasteiger partial charge in [0.2, 0.25) is 5.78 Å². The van der Waals surface area contributed by atoms with Crippen LogP contribution in [0, 0.1) is 10.1 Å². The zero-order chi connectivity index (χ0) is 16.6. The highest BCUT2D eigenvalue weighted by Gasteiger charge is 2.26. The molecule has 6 nitrogen and oxygen atoms in total. The maximum absolute atomic E-state index is 12.3. The zero-order valence-electron chi connectivity index (χ0n) is 12.0. The van der Waals surface area contributed by atoms with Gasteiger partial charge in [0.05, 0.1) is 23.0 Å². The first kappa shape index (κ1) is 15.1. The largest absolute Gasteiger partial charge is 0.504 e. The molecule has 1 aliphatic rings. The number of carbonyl (C=O) groups excluding carboxylic acids is 1. The van der Waals surface area contributed by atoms with Crippen molar-refractivity contribution in [2.75, 3.05) is 7.11 Å². The molecule has 2 aromatic carbocycles. The van der Waals surface area contributed by atoms with Gasteiger partial charge in [-0.05, 0) is 18.2 Å². The Bertz CT molecular complexity index is 860. The summed E-state index contributed by atoms with van der Waals surface area (Å²) < 4.78 is 4.95. The van der Waals surface area contributed by atoms with Crippen LogP contribution in [-0.4, -0.2) is 22.9 Å². The maximum Gasteiger partial charge on any atom is 0.274 e. The number of aromatic hydroxyl groups is 1. The molecule has 1 heterocycles. The molecule has 23 heavy (non-hydrogen) atoms. The Hall–Kier alpha value is -2.80. The molecule has 0 saturated heterocycles. The van der Waals surface area contributed by atoms with Gasteiger partial charge in [0, 0.05) is 22.1 Å². The lowest BCUT2D eigenvalue weighted by atomic mass is 10.1. The zero-order valence-corrected chi connectivity index (χ0v) is 12.8. The van der Waals surface area contributed by atoms with Gasteiger partial charge in [0.1, 0.15) is 0 Å². The van der Waals surface area contributed by atoms with Gasteiger partial charge in [-0.1, -0.05) is 23.9 Å². The van der Waals surface area contributed by atoms with Crippen molar-refractivity contribution in [1.82, 2.24) is 0 Å². The molecule has 1 N–H and O–H groups in total. The van der Waals surface area contributed by atoms with E-state index < -0.39 is 4.92 Å². The summed E-state index contributed by atoms with van der Waals surface area (Å²) in [4.78, 5) is 24.0. The normalized spacial score (nSPS) is 14.8. The molecule has 0 saturated carbocycles. The van der Waals surface area contributed by atoms with Crippen molar-refractivity contribution in [2.24, 2.45) is 0 Å². The number of methoxy groups -OCH3 is 1. The van der Waals surface area contributed by atoms with Crippen LogP contribution in [-0.2, 0) is 0 Å². The highest BCUT2D eigenvalue weighted by Crippen LogP contribution is 2.43. The molecule has 7 heteroatoms. The molecule has 0 bridgehead atoms. The molecule has 0 spiro atoms. The van der Waals surface area contributed by atoms with Crippen LogP contribution in [0.25, 0.3) is 6.08 Å². The van der Waals surface area contributed by atoms with Crippen molar-refractivity contribution in [3.63, 3.8) is 0 Å². The monoisotopic (exact) mass is 329 g/mol. The Morgan fingerprint density at radius 3 is 2.70 bits per heavy atom. The van der Waals surface area contributed by atoms with E-state index in [2.05, 4.69) is 0 Å². The van der Waals surface area contributed by atoms with Crippen molar-refractivity contribution < 1.29 is 19.6 Å². The number of thioether (sulfide) groups is 1. The summed E-state index contributed by atoms with van der Waals surface area (Å²) in [5.74, 6) is -0.426. The van der Waals surface area contributed by atoms with Crippen molar-refractivity contribution in [2.45, 2.75) is 4.90 Å². The van der Waals surface area contributed by atoms with Crippen LogP contribution in [0.15, 0.2) is 46.2 Å². The molecule has 0 aromatic heterocycles. The first-order chi connectivity index (χ1) is 11.0. The number of hydrogen-bond donors (Lipinski definition) is 1. The number of benzene rings is 2. The van der Waals surface area contributed by atoms with Gasteiger partial charge in [-0.3, -0.25) is 14.9 Å². The topological polar surface area (TPSA) is 89.7 Å². The van der Waals surface area contributed by atoms with Gasteiger partial charge in [-0.2, -0.15) is 0 Å². The number of nitrogens with zero attached hydrogens (tertiary/aromatic N) is 1. The molecule has 1 aliphatic heterocycles. The summed E-state index contributed by atoms with van der Waals surface area (Å²) in [5, 5.41) is 21.1. The van der Waals surface area contributed by atoms with E-state index in [-0.39, 0.29) is 28.5 Å². The van der Waals surface area contributed by atoms with E-state index in [4.69, 9.17) is 4.74 Å². The number of ketones is 1. The second kappa shape index (κ2) is 5.77. The molecule has 0 unspecified atom stereocenters. The fraction of sp³-hybridized carbons (Fsp3) is 0.0625. The van der Waals surface area contributed by atoms with E-state index in [0.717, 1.165) is 11.0 Å². The third-order valence-corrected chi connectivity index (χ3v) is 4.48. The Morgan fingerprint density at radius 1 is 1.30 bits per heavy atom. The number of phenols is 1. The summed E-state index contributed by atoms with van der Waals surface area (Å²) >= 11 is 1.27. The number of rotatable bonds is 3. The number of phenolic OH excluding ortho intramolecular Hbond substituents is 1. The first-order valence-electron chi connectivity index (χ1n) is 6.60. The molecular formula is C16H11NO5S. The SMILES string of the molecule is COc1cc([N+](=O)[O-])cc(C=C2Sc3ccccc3C2=O)c1O. The standard InChI is InChI=1S/C16H11NO5S/c1-22-12-8-10(17(20)21)6-9(15(12)18)7-14-16(19)11-4-2-3-5-13(11)23-14/h2-8,18H,1H3. The predicted molar refractivity (Wildman–Crippen MR) is 85.9 cm³/mol. The van der Waals surface area contributed by atoms with Gasteiger partial charge >= 0.3 is 0 Å². The lowest BCUT2D eigenvalue weighted by Gasteiger charge is -2.06. The quantitative estimate of drug-likeness (QED) is 0.525. The Balaban J connectivity index is 2.09. The van der Waals surface area contributed by atoms with E-state index >= 15 is 0 Å². The van der Waals surface area contributed by atoms with Gasteiger partial charge in [0.15, 0.2) is 11.5 Å². The third-order valence-electron chi connectivity index (χ3n) is 3.38. The number of nitro groups is 1. The minimum absolute atomic E-state index is 0.0148. The number of allylic oxidation sites excluding steroid dienone is 1. The number of fused-ring (bicyclic) bond motifs is 1. The fourth-order valence-corrected chi connectivity index (χ4v) is 3.31. The van der Waals surface area contributed by atoms with Crippen molar-refractivity contribution >= 4 is 29.3 Å². The molecule has 0 aliphatic carbocycles. The number of carbonyl (C=O) groups is 1. The van der Waals surface area contributed by atoms with Crippen LogP contribution in [0.2, 0.25) is 0 Å². The molecule has 0 fully saturated rings. The van der Waals surface area contributed by atoms with Crippen molar-refractivity contribution in [1.29, 1.82) is 0 Å². The number of ether oxygens (including phenoxy) is 1. The fourth-order valence-electron chi connectivity index (χ4n) is 2.26. The lowest BCUT2D eigenvalue weighted by molar-refractivity contribution is -0.385. The summed E-state index contributed by atoms with van der Waals surface area (Å²) in [6.07, 6.45) is 1.44. The van der Waals surface area contributed by atoms with E-state index in [1.807, 2.05) is 12.1 Å². The van der Waals surface area contributed by atoms with Gasteiger partial charge < -0.3 is 9.84 Å². The van der Waals surface area contributed by atoms with Crippen molar-refractivity contribution in [3.8, 4) is 11.5 Å². The maximum atomic E-state index is 12.3. The van der Waals surface area contributed by atoms with Crippen LogP contribution < -0.4 is 4.74 Å². The number of hydrogen-bond acceptors (Lipinski definition) is 6. The smallest absolute Gasteiger partial charge is 0.274 e. The molecule has 0 atom stereocenters. The molecule has 0 amide bonds. The van der Waals surface area contributed by atoms with Crippen LogP contribution in [0.3, 0.4) is 0 Å². The van der Waals surface area contributed by atoms with E-state index in [9.17, 15) is 20.0 Å². The molecule has 3 rings (SSSR count).